The van der Waals surface area contributed by atoms with E-state index in [-0.39, 0.29) is 30.8 Å². The van der Waals surface area contributed by atoms with Crippen LogP contribution >= 0.6 is 0 Å². The van der Waals surface area contributed by atoms with Crippen molar-refractivity contribution in [2.24, 2.45) is 10.7 Å². The Morgan fingerprint density at radius 3 is 2.88 bits per heavy atom. The molecule has 4 rings (SSSR count). The van der Waals surface area contributed by atoms with Gasteiger partial charge in [0.15, 0.2) is 6.23 Å². The van der Waals surface area contributed by atoms with Gasteiger partial charge in [0.1, 0.15) is 0 Å². The number of rotatable bonds is 5. The van der Waals surface area contributed by atoms with Crippen LogP contribution in [-0.4, -0.2) is 25.0 Å². The van der Waals surface area contributed by atoms with Crippen LogP contribution in [0.5, 0.6) is 0 Å². The molecule has 1 heterocycles. The van der Waals surface area contributed by atoms with Gasteiger partial charge in [-0.25, -0.2) is 4.99 Å². The number of aliphatic imine (C=N–C) groups is 1. The van der Waals surface area contributed by atoms with E-state index in [0.717, 1.165) is 36.9 Å². The molecular weight excluding hydrogens is 328 g/mol. The largest absolute Gasteiger partial charge is 0.349 e. The van der Waals surface area contributed by atoms with Crippen molar-refractivity contribution in [3.8, 4) is 0 Å². The third kappa shape index (κ3) is 3.48. The number of nitrogens with one attached hydrogen (secondary N) is 2. The van der Waals surface area contributed by atoms with Crippen LogP contribution in [0.25, 0.3) is 0 Å². The van der Waals surface area contributed by atoms with E-state index in [9.17, 15) is 4.79 Å². The van der Waals surface area contributed by atoms with Gasteiger partial charge in [-0.2, -0.15) is 0 Å². The van der Waals surface area contributed by atoms with Crippen molar-refractivity contribution >= 4 is 17.9 Å². The summed E-state index contributed by atoms with van der Waals surface area (Å²) in [7, 11) is 0. The zero-order chi connectivity index (χ0) is 17.9. The minimum absolute atomic E-state index is 0.0139. The number of benzene rings is 1. The van der Waals surface area contributed by atoms with Crippen LogP contribution in [0.3, 0.4) is 0 Å². The number of hydrogen-bond acceptors (Lipinski definition) is 5. The number of amides is 1. The fourth-order valence-corrected chi connectivity index (χ4v) is 4.60. The maximum absolute atomic E-state index is 12.1. The standard InChI is InChI=1S/C20H28N4O2/c21-11-22-17(25)10-14-7-6-13-8-9-16-19(18(13)14)20(24-12-23-16)26-15-4-2-1-3-5-15/h8-9,12,14-15,20H,1-7,10-11,21H2,(H,22,25)(H,23,24). The van der Waals surface area contributed by atoms with E-state index >= 15 is 0 Å². The summed E-state index contributed by atoms with van der Waals surface area (Å²) < 4.78 is 6.43. The minimum Gasteiger partial charge on any atom is -0.349 e. The molecule has 1 amide bonds. The molecule has 2 unspecified atom stereocenters. The van der Waals surface area contributed by atoms with E-state index in [1.807, 2.05) is 0 Å². The lowest BCUT2D eigenvalue weighted by molar-refractivity contribution is -0.121. The number of aryl methyl sites for hydroxylation is 1. The smallest absolute Gasteiger partial charge is 0.221 e. The molecule has 0 bridgehead atoms. The normalized spacial score (nSPS) is 24.7. The van der Waals surface area contributed by atoms with Crippen LogP contribution in [-0.2, 0) is 16.0 Å². The van der Waals surface area contributed by atoms with Crippen molar-refractivity contribution < 1.29 is 9.53 Å². The van der Waals surface area contributed by atoms with Crippen molar-refractivity contribution in [3.05, 3.63) is 28.8 Å². The number of nitrogens with zero attached hydrogens (tertiary/aromatic N) is 1. The SMILES string of the molecule is NCNC(=O)CC1CCc2ccc3c(c21)C(OC1CCCCC1)N=CN3. The summed E-state index contributed by atoms with van der Waals surface area (Å²) in [6.45, 7) is 0.185. The molecule has 1 aromatic rings. The Balaban J connectivity index is 1.61. The average Bonchev–Trinajstić information content (AvgIpc) is 3.06. The van der Waals surface area contributed by atoms with Crippen LogP contribution in [0, 0.1) is 0 Å². The average molecular weight is 356 g/mol. The van der Waals surface area contributed by atoms with E-state index in [0.29, 0.717) is 6.42 Å². The van der Waals surface area contributed by atoms with E-state index < -0.39 is 0 Å². The quantitative estimate of drug-likeness (QED) is 0.708. The lowest BCUT2D eigenvalue weighted by atomic mass is 9.90. The first-order chi connectivity index (χ1) is 12.8. The second-order valence-electron chi connectivity index (χ2n) is 7.51. The first-order valence-electron chi connectivity index (χ1n) is 9.82. The lowest BCUT2D eigenvalue weighted by Gasteiger charge is -2.31. The summed E-state index contributed by atoms with van der Waals surface area (Å²) in [6, 6.07) is 4.30. The number of hydrogen-bond donors (Lipinski definition) is 3. The predicted octanol–water partition coefficient (Wildman–Crippen LogP) is 2.94. The van der Waals surface area contributed by atoms with E-state index in [2.05, 4.69) is 27.8 Å². The lowest BCUT2D eigenvalue weighted by Crippen LogP contribution is -2.30. The van der Waals surface area contributed by atoms with Crippen LogP contribution < -0.4 is 16.4 Å². The fraction of sp³-hybridized carbons (Fsp3) is 0.600. The third-order valence-corrected chi connectivity index (χ3v) is 5.83. The van der Waals surface area contributed by atoms with Crippen molar-refractivity contribution in [2.45, 2.75) is 69.6 Å². The molecule has 1 saturated carbocycles. The van der Waals surface area contributed by atoms with Crippen molar-refractivity contribution in [2.75, 3.05) is 12.0 Å². The van der Waals surface area contributed by atoms with Gasteiger partial charge in [-0.3, -0.25) is 4.79 Å². The Morgan fingerprint density at radius 2 is 2.08 bits per heavy atom. The molecule has 0 aromatic heterocycles. The molecule has 0 radical (unpaired) electrons. The Kier molecular flexibility index (Phi) is 5.22. The number of carbonyl (C=O) groups is 1. The highest BCUT2D eigenvalue weighted by atomic mass is 16.5. The van der Waals surface area contributed by atoms with E-state index in [1.165, 1.54) is 30.4 Å². The number of ether oxygens (including phenoxy) is 1. The van der Waals surface area contributed by atoms with Gasteiger partial charge in [0.25, 0.3) is 0 Å². The predicted molar refractivity (Wildman–Crippen MR) is 102 cm³/mol. The van der Waals surface area contributed by atoms with E-state index in [1.54, 1.807) is 6.34 Å². The van der Waals surface area contributed by atoms with E-state index in [4.69, 9.17) is 10.5 Å². The Labute approximate surface area is 154 Å². The number of fused-ring (bicyclic) bond motifs is 3. The van der Waals surface area contributed by atoms with Gasteiger partial charge in [-0.15, -0.1) is 0 Å². The molecular formula is C20H28N4O2. The summed E-state index contributed by atoms with van der Waals surface area (Å²) in [5.74, 6) is 0.221. The molecule has 140 valence electrons. The number of nitrogens with two attached hydrogens (primary N) is 1. The van der Waals surface area contributed by atoms with Gasteiger partial charge < -0.3 is 21.1 Å². The second kappa shape index (κ2) is 7.76. The fourth-order valence-electron chi connectivity index (χ4n) is 4.60. The van der Waals surface area contributed by atoms with Gasteiger partial charge in [0.05, 0.1) is 19.1 Å². The summed E-state index contributed by atoms with van der Waals surface area (Å²) in [4.78, 5) is 16.7. The Morgan fingerprint density at radius 1 is 1.23 bits per heavy atom. The van der Waals surface area contributed by atoms with Gasteiger partial charge >= 0.3 is 0 Å². The molecule has 0 spiro atoms. The van der Waals surface area contributed by atoms with Crippen molar-refractivity contribution in [1.82, 2.24) is 5.32 Å². The molecule has 3 aliphatic rings. The third-order valence-electron chi connectivity index (χ3n) is 5.83. The molecule has 4 N–H and O–H groups in total. The maximum Gasteiger partial charge on any atom is 0.221 e. The topological polar surface area (TPSA) is 88.7 Å². The first kappa shape index (κ1) is 17.5. The number of carbonyl (C=O) groups excluding carboxylic acids is 1. The van der Waals surface area contributed by atoms with Gasteiger partial charge in [-0.1, -0.05) is 25.3 Å². The molecule has 1 aromatic carbocycles. The molecule has 26 heavy (non-hydrogen) atoms. The summed E-state index contributed by atoms with van der Waals surface area (Å²) in [6.07, 6.45) is 10.2. The Bertz CT molecular complexity index is 697. The summed E-state index contributed by atoms with van der Waals surface area (Å²) in [5, 5.41) is 5.99. The van der Waals surface area contributed by atoms with Crippen molar-refractivity contribution in [3.63, 3.8) is 0 Å². The monoisotopic (exact) mass is 356 g/mol. The molecule has 2 aliphatic carbocycles. The summed E-state index contributed by atoms with van der Waals surface area (Å²) in [5.41, 5.74) is 10.2. The minimum atomic E-state index is -0.262. The molecule has 1 aliphatic heterocycles. The van der Waals surface area contributed by atoms with Crippen molar-refractivity contribution in [1.29, 1.82) is 0 Å². The molecule has 0 saturated heterocycles. The molecule has 1 fully saturated rings. The molecule has 6 nitrogen and oxygen atoms in total. The van der Waals surface area contributed by atoms with Crippen LogP contribution in [0.2, 0.25) is 0 Å². The van der Waals surface area contributed by atoms with Gasteiger partial charge in [0, 0.05) is 17.7 Å². The van der Waals surface area contributed by atoms with Gasteiger partial charge in [0.2, 0.25) is 5.91 Å². The second-order valence-corrected chi connectivity index (χ2v) is 7.51. The first-order valence-corrected chi connectivity index (χ1v) is 9.82. The maximum atomic E-state index is 12.1. The zero-order valence-electron chi connectivity index (χ0n) is 15.2. The van der Waals surface area contributed by atoms with Crippen LogP contribution in [0.15, 0.2) is 17.1 Å². The summed E-state index contributed by atoms with van der Waals surface area (Å²) >= 11 is 0. The highest BCUT2D eigenvalue weighted by Crippen LogP contribution is 2.45. The van der Waals surface area contributed by atoms with Crippen LogP contribution in [0.4, 0.5) is 5.69 Å². The van der Waals surface area contributed by atoms with Gasteiger partial charge in [-0.05, 0) is 48.8 Å². The highest BCUT2D eigenvalue weighted by Gasteiger charge is 2.34. The molecule has 2 atom stereocenters. The van der Waals surface area contributed by atoms with Crippen LogP contribution in [0.1, 0.15) is 73.8 Å². The molecule has 6 heteroatoms. The zero-order valence-corrected chi connectivity index (χ0v) is 15.2. The number of anilines is 1. The highest BCUT2D eigenvalue weighted by molar-refractivity contribution is 5.82. The Hall–Kier alpha value is -1.92.